The Bertz CT molecular complexity index is 1200. The molecule has 9 heteroatoms. The Morgan fingerprint density at radius 3 is 2.56 bits per heavy atom. The Labute approximate surface area is 185 Å². The lowest BCUT2D eigenvalue weighted by Gasteiger charge is -2.16. The molecule has 1 fully saturated rings. The van der Waals surface area contributed by atoms with Gasteiger partial charge in [-0.2, -0.15) is 0 Å². The van der Waals surface area contributed by atoms with Crippen LogP contribution in [0.15, 0.2) is 53.6 Å². The Balaban J connectivity index is 1.44. The van der Waals surface area contributed by atoms with Gasteiger partial charge >= 0.3 is 6.03 Å². The van der Waals surface area contributed by atoms with Crippen molar-refractivity contribution in [3.05, 3.63) is 64.7 Å². The lowest BCUT2D eigenvalue weighted by molar-refractivity contribution is 0.0793. The molecule has 9 nitrogen and oxygen atoms in total. The van der Waals surface area contributed by atoms with Gasteiger partial charge in [0.2, 0.25) is 0 Å². The summed E-state index contributed by atoms with van der Waals surface area (Å²) >= 11 is 0. The van der Waals surface area contributed by atoms with E-state index < -0.39 is 6.03 Å². The molecular weight excluding hydrogens is 410 g/mol. The monoisotopic (exact) mass is 435 g/mol. The van der Waals surface area contributed by atoms with Gasteiger partial charge in [0, 0.05) is 37.1 Å². The SMILES string of the molecule is COCCn1cnc2cc(NC(=O)Nc3cccc(C(=O)N4CCCC4)c3)ccc2c1=O. The number of urea groups is 1. The van der Waals surface area contributed by atoms with Gasteiger partial charge in [0.15, 0.2) is 0 Å². The first-order valence-electron chi connectivity index (χ1n) is 10.5. The van der Waals surface area contributed by atoms with Crippen molar-refractivity contribution in [2.24, 2.45) is 0 Å². The molecule has 1 aliphatic rings. The molecule has 1 aromatic heterocycles. The summed E-state index contributed by atoms with van der Waals surface area (Å²) in [4.78, 5) is 43.7. The third-order valence-corrected chi connectivity index (χ3v) is 5.38. The van der Waals surface area contributed by atoms with E-state index in [1.165, 1.54) is 10.9 Å². The van der Waals surface area contributed by atoms with Crippen LogP contribution in [0.25, 0.3) is 10.9 Å². The fourth-order valence-corrected chi connectivity index (χ4v) is 3.71. The third kappa shape index (κ3) is 4.78. The molecule has 32 heavy (non-hydrogen) atoms. The molecule has 3 aromatic rings. The van der Waals surface area contributed by atoms with E-state index in [0.29, 0.717) is 41.0 Å². The van der Waals surface area contributed by atoms with Crippen LogP contribution in [0.5, 0.6) is 0 Å². The number of amides is 3. The highest BCUT2D eigenvalue weighted by Crippen LogP contribution is 2.18. The van der Waals surface area contributed by atoms with Crippen molar-refractivity contribution in [2.45, 2.75) is 19.4 Å². The first-order valence-corrected chi connectivity index (χ1v) is 10.5. The van der Waals surface area contributed by atoms with Gasteiger partial charge in [-0.3, -0.25) is 14.2 Å². The zero-order chi connectivity index (χ0) is 22.5. The van der Waals surface area contributed by atoms with E-state index in [0.717, 1.165) is 25.9 Å². The van der Waals surface area contributed by atoms with Gasteiger partial charge in [-0.05, 0) is 49.2 Å². The molecule has 0 radical (unpaired) electrons. The summed E-state index contributed by atoms with van der Waals surface area (Å²) in [6.45, 7) is 2.37. The minimum atomic E-state index is -0.455. The summed E-state index contributed by atoms with van der Waals surface area (Å²) in [5.41, 5.74) is 1.89. The predicted molar refractivity (Wildman–Crippen MR) is 122 cm³/mol. The van der Waals surface area contributed by atoms with Gasteiger partial charge in [-0.15, -0.1) is 0 Å². The van der Waals surface area contributed by atoms with Crippen molar-refractivity contribution in [1.29, 1.82) is 0 Å². The standard InChI is InChI=1S/C23H25N5O4/c1-32-12-11-28-15-24-20-14-18(7-8-19(20)22(28)30)26-23(31)25-17-6-4-5-16(13-17)21(29)27-9-2-3-10-27/h4-8,13-15H,2-3,9-12H2,1H3,(H2,25,26,31). The smallest absolute Gasteiger partial charge is 0.323 e. The molecule has 166 valence electrons. The molecule has 1 saturated heterocycles. The number of likely N-dealkylation sites (tertiary alicyclic amines) is 1. The molecule has 0 unspecified atom stereocenters. The quantitative estimate of drug-likeness (QED) is 0.619. The Morgan fingerprint density at radius 1 is 1.06 bits per heavy atom. The zero-order valence-corrected chi connectivity index (χ0v) is 17.8. The first kappa shape index (κ1) is 21.5. The Kier molecular flexibility index (Phi) is 6.46. The molecular formula is C23H25N5O4. The molecule has 2 aromatic carbocycles. The van der Waals surface area contributed by atoms with Gasteiger partial charge in [-0.1, -0.05) is 6.07 Å². The maximum absolute atomic E-state index is 12.6. The fourth-order valence-electron chi connectivity index (χ4n) is 3.71. The van der Waals surface area contributed by atoms with Crippen LogP contribution in [0.4, 0.5) is 16.2 Å². The highest BCUT2D eigenvalue weighted by molar-refractivity contribution is 6.02. The average Bonchev–Trinajstić information content (AvgIpc) is 3.33. The number of fused-ring (bicyclic) bond motifs is 1. The van der Waals surface area contributed by atoms with Crippen LogP contribution in [0.3, 0.4) is 0 Å². The van der Waals surface area contributed by atoms with Gasteiger partial charge in [-0.25, -0.2) is 9.78 Å². The Morgan fingerprint density at radius 2 is 1.81 bits per heavy atom. The zero-order valence-electron chi connectivity index (χ0n) is 17.8. The number of rotatable bonds is 6. The molecule has 3 amide bonds. The van der Waals surface area contributed by atoms with E-state index in [1.807, 2.05) is 4.90 Å². The molecule has 0 aliphatic carbocycles. The number of nitrogens with zero attached hydrogens (tertiary/aromatic N) is 3. The van der Waals surface area contributed by atoms with Crippen LogP contribution in [-0.4, -0.2) is 53.2 Å². The molecule has 0 atom stereocenters. The van der Waals surface area contributed by atoms with Gasteiger partial charge in [0.25, 0.3) is 11.5 Å². The summed E-state index contributed by atoms with van der Waals surface area (Å²) in [7, 11) is 1.57. The highest BCUT2D eigenvalue weighted by Gasteiger charge is 2.19. The van der Waals surface area contributed by atoms with Crippen LogP contribution in [0, 0.1) is 0 Å². The van der Waals surface area contributed by atoms with E-state index in [9.17, 15) is 14.4 Å². The van der Waals surface area contributed by atoms with Crippen LogP contribution in [-0.2, 0) is 11.3 Å². The van der Waals surface area contributed by atoms with Crippen LogP contribution in [0.2, 0.25) is 0 Å². The fraction of sp³-hybridized carbons (Fsp3) is 0.304. The van der Waals surface area contributed by atoms with Crippen molar-refractivity contribution in [3.8, 4) is 0 Å². The van der Waals surface area contributed by atoms with Crippen molar-refractivity contribution in [2.75, 3.05) is 37.4 Å². The van der Waals surface area contributed by atoms with Crippen LogP contribution in [0.1, 0.15) is 23.2 Å². The lowest BCUT2D eigenvalue weighted by atomic mass is 10.2. The normalized spacial score (nSPS) is 13.3. The maximum atomic E-state index is 12.6. The van der Waals surface area contributed by atoms with E-state index in [1.54, 1.807) is 49.6 Å². The number of aromatic nitrogens is 2. The largest absolute Gasteiger partial charge is 0.383 e. The molecule has 2 heterocycles. The number of nitrogens with one attached hydrogen (secondary N) is 2. The van der Waals surface area contributed by atoms with E-state index in [4.69, 9.17) is 4.74 Å². The summed E-state index contributed by atoms with van der Waals surface area (Å²) in [6.07, 6.45) is 3.51. The summed E-state index contributed by atoms with van der Waals surface area (Å²) in [6, 6.07) is 11.4. The summed E-state index contributed by atoms with van der Waals surface area (Å²) in [5, 5.41) is 5.95. The van der Waals surface area contributed by atoms with Crippen LogP contribution < -0.4 is 16.2 Å². The van der Waals surface area contributed by atoms with Crippen molar-refractivity contribution in [1.82, 2.24) is 14.5 Å². The number of hydrogen-bond donors (Lipinski definition) is 2. The van der Waals surface area contributed by atoms with E-state index in [-0.39, 0.29) is 11.5 Å². The topological polar surface area (TPSA) is 106 Å². The van der Waals surface area contributed by atoms with Gasteiger partial charge < -0.3 is 20.3 Å². The summed E-state index contributed by atoms with van der Waals surface area (Å²) in [5.74, 6) is -0.0247. The van der Waals surface area contributed by atoms with Gasteiger partial charge in [0.1, 0.15) is 0 Å². The van der Waals surface area contributed by atoms with E-state index in [2.05, 4.69) is 15.6 Å². The minimum absolute atomic E-state index is 0.0247. The lowest BCUT2D eigenvalue weighted by Crippen LogP contribution is -2.27. The highest BCUT2D eigenvalue weighted by atomic mass is 16.5. The van der Waals surface area contributed by atoms with Crippen molar-refractivity contribution in [3.63, 3.8) is 0 Å². The average molecular weight is 435 g/mol. The van der Waals surface area contributed by atoms with E-state index >= 15 is 0 Å². The summed E-state index contributed by atoms with van der Waals surface area (Å²) < 4.78 is 6.50. The Hall–Kier alpha value is -3.72. The molecule has 4 rings (SSSR count). The van der Waals surface area contributed by atoms with Crippen LogP contribution >= 0.6 is 0 Å². The molecule has 0 spiro atoms. The molecule has 0 saturated carbocycles. The number of hydrogen-bond acceptors (Lipinski definition) is 5. The first-order chi connectivity index (χ1) is 15.5. The third-order valence-electron chi connectivity index (χ3n) is 5.38. The second kappa shape index (κ2) is 9.61. The van der Waals surface area contributed by atoms with Crippen molar-refractivity contribution < 1.29 is 14.3 Å². The number of methoxy groups -OCH3 is 1. The number of carbonyl (C=O) groups is 2. The number of carbonyl (C=O) groups excluding carboxylic acids is 2. The molecule has 1 aliphatic heterocycles. The minimum Gasteiger partial charge on any atom is -0.383 e. The predicted octanol–water partition coefficient (Wildman–Crippen LogP) is 2.92. The van der Waals surface area contributed by atoms with Crippen molar-refractivity contribution >= 4 is 34.2 Å². The second-order valence-electron chi connectivity index (χ2n) is 7.63. The second-order valence-corrected chi connectivity index (χ2v) is 7.63. The number of anilines is 2. The van der Waals surface area contributed by atoms with Gasteiger partial charge in [0.05, 0.1) is 30.4 Å². The molecule has 0 bridgehead atoms. The maximum Gasteiger partial charge on any atom is 0.323 e. The number of benzene rings is 2. The molecule has 2 N–H and O–H groups in total. The number of ether oxygens (including phenoxy) is 1.